The molecule has 1 fully saturated rings. The fraction of sp³-hybridized carbons (Fsp3) is 0.467. The number of halogens is 1. The number of hydrogen-bond acceptors (Lipinski definition) is 3. The minimum atomic E-state index is -1.20. The summed E-state index contributed by atoms with van der Waals surface area (Å²) in [6.07, 6.45) is 5.06. The molecule has 2 rings (SSSR count). The van der Waals surface area contributed by atoms with Crippen LogP contribution in [0, 0.1) is 5.82 Å². The minimum absolute atomic E-state index is 0.0539. The summed E-state index contributed by atoms with van der Waals surface area (Å²) in [6, 6.07) is 3.43. The van der Waals surface area contributed by atoms with E-state index in [1.54, 1.807) is 16.7 Å². The first-order valence-corrected chi connectivity index (χ1v) is 8.16. The van der Waals surface area contributed by atoms with Gasteiger partial charge in [-0.15, -0.1) is 0 Å². The van der Waals surface area contributed by atoms with E-state index >= 15 is 0 Å². The van der Waals surface area contributed by atoms with Crippen LogP contribution in [-0.4, -0.2) is 46.5 Å². The van der Waals surface area contributed by atoms with E-state index in [-0.39, 0.29) is 17.0 Å². The van der Waals surface area contributed by atoms with Crippen LogP contribution >= 0.6 is 11.8 Å². The molecule has 1 aliphatic heterocycles. The SMILES string of the molecule is CSC1CCCCN(C(=O)c2ccc(C(=O)O)cc2F)C1. The average Bonchev–Trinajstić information content (AvgIpc) is 2.71. The molecule has 21 heavy (non-hydrogen) atoms. The number of benzene rings is 1. The Bertz CT molecular complexity index is 550. The number of carbonyl (C=O) groups excluding carboxylic acids is 1. The lowest BCUT2D eigenvalue weighted by molar-refractivity contribution is 0.0693. The maximum absolute atomic E-state index is 14.0. The number of carboxylic acids is 1. The van der Waals surface area contributed by atoms with Crippen molar-refractivity contribution in [2.75, 3.05) is 19.3 Å². The lowest BCUT2D eigenvalue weighted by atomic mass is 10.1. The van der Waals surface area contributed by atoms with Crippen LogP contribution in [0.15, 0.2) is 18.2 Å². The molecule has 1 aromatic rings. The summed E-state index contributed by atoms with van der Waals surface area (Å²) in [6.45, 7) is 1.23. The summed E-state index contributed by atoms with van der Waals surface area (Å²) < 4.78 is 14.0. The highest BCUT2D eigenvalue weighted by atomic mass is 32.2. The lowest BCUT2D eigenvalue weighted by Gasteiger charge is -2.24. The second kappa shape index (κ2) is 6.93. The van der Waals surface area contributed by atoms with Gasteiger partial charge in [-0.2, -0.15) is 11.8 Å². The van der Waals surface area contributed by atoms with Gasteiger partial charge in [-0.05, 0) is 37.3 Å². The molecule has 0 saturated carbocycles. The number of carbonyl (C=O) groups is 2. The first-order valence-electron chi connectivity index (χ1n) is 6.88. The molecule has 0 aromatic heterocycles. The second-order valence-electron chi connectivity index (χ2n) is 5.10. The Morgan fingerprint density at radius 3 is 2.76 bits per heavy atom. The van der Waals surface area contributed by atoms with Crippen molar-refractivity contribution in [1.29, 1.82) is 0 Å². The molecule has 1 heterocycles. The summed E-state index contributed by atoms with van der Waals surface area (Å²) in [5.74, 6) is -2.33. The summed E-state index contributed by atoms with van der Waals surface area (Å²) >= 11 is 1.72. The number of rotatable bonds is 3. The van der Waals surface area contributed by atoms with E-state index < -0.39 is 11.8 Å². The Balaban J connectivity index is 2.20. The number of carboxylic acid groups (broad SMARTS) is 1. The third-order valence-corrected chi connectivity index (χ3v) is 4.75. The first kappa shape index (κ1) is 15.8. The van der Waals surface area contributed by atoms with Gasteiger partial charge in [-0.3, -0.25) is 4.79 Å². The summed E-state index contributed by atoms with van der Waals surface area (Å²) in [5, 5.41) is 9.20. The second-order valence-corrected chi connectivity index (χ2v) is 6.24. The number of likely N-dealkylation sites (tertiary alicyclic amines) is 1. The highest BCUT2D eigenvalue weighted by molar-refractivity contribution is 7.99. The smallest absolute Gasteiger partial charge is 0.335 e. The van der Waals surface area contributed by atoms with Gasteiger partial charge in [0, 0.05) is 18.3 Å². The van der Waals surface area contributed by atoms with Crippen LogP contribution in [0.4, 0.5) is 4.39 Å². The molecule has 0 aliphatic carbocycles. The largest absolute Gasteiger partial charge is 0.478 e. The van der Waals surface area contributed by atoms with E-state index in [0.717, 1.165) is 25.3 Å². The van der Waals surface area contributed by atoms with Crippen molar-refractivity contribution in [2.24, 2.45) is 0 Å². The Kier molecular flexibility index (Phi) is 5.22. The van der Waals surface area contributed by atoms with Gasteiger partial charge >= 0.3 is 5.97 Å². The average molecular weight is 311 g/mol. The van der Waals surface area contributed by atoms with Crippen molar-refractivity contribution in [3.05, 3.63) is 35.1 Å². The van der Waals surface area contributed by atoms with Crippen LogP contribution in [0.5, 0.6) is 0 Å². The number of thioether (sulfide) groups is 1. The van der Waals surface area contributed by atoms with Gasteiger partial charge in [-0.1, -0.05) is 6.42 Å². The zero-order valence-electron chi connectivity index (χ0n) is 11.8. The zero-order valence-corrected chi connectivity index (χ0v) is 12.7. The fourth-order valence-corrected chi connectivity index (χ4v) is 3.20. The van der Waals surface area contributed by atoms with Gasteiger partial charge in [0.25, 0.3) is 5.91 Å². The van der Waals surface area contributed by atoms with E-state index in [0.29, 0.717) is 18.3 Å². The van der Waals surface area contributed by atoms with Crippen molar-refractivity contribution in [2.45, 2.75) is 24.5 Å². The molecule has 6 heteroatoms. The molecule has 1 N–H and O–H groups in total. The fourth-order valence-electron chi connectivity index (χ4n) is 2.47. The maximum Gasteiger partial charge on any atom is 0.335 e. The maximum atomic E-state index is 14.0. The third kappa shape index (κ3) is 3.75. The number of amides is 1. The topological polar surface area (TPSA) is 57.6 Å². The van der Waals surface area contributed by atoms with Gasteiger partial charge in [0.15, 0.2) is 0 Å². The highest BCUT2D eigenvalue weighted by Gasteiger charge is 2.24. The first-order chi connectivity index (χ1) is 10.0. The lowest BCUT2D eigenvalue weighted by Crippen LogP contribution is -2.36. The molecule has 1 aliphatic rings. The Hall–Kier alpha value is -1.56. The van der Waals surface area contributed by atoms with Gasteiger partial charge in [-0.25, -0.2) is 9.18 Å². The standard InChI is InChI=1S/C15H18FNO3S/c1-21-11-4-2-3-7-17(9-11)14(18)12-6-5-10(15(19)20)8-13(12)16/h5-6,8,11H,2-4,7,9H2,1H3,(H,19,20). The number of nitrogens with zero attached hydrogens (tertiary/aromatic N) is 1. The Labute approximate surface area is 127 Å². The van der Waals surface area contributed by atoms with Crippen LogP contribution in [-0.2, 0) is 0 Å². The zero-order chi connectivity index (χ0) is 15.4. The quantitative estimate of drug-likeness (QED) is 0.932. The van der Waals surface area contributed by atoms with Crippen LogP contribution in [0.1, 0.15) is 40.0 Å². The van der Waals surface area contributed by atoms with E-state index in [1.165, 1.54) is 12.1 Å². The monoisotopic (exact) mass is 311 g/mol. The van der Waals surface area contributed by atoms with Crippen LogP contribution in [0.3, 0.4) is 0 Å². The molecule has 1 aromatic carbocycles. The molecule has 114 valence electrons. The van der Waals surface area contributed by atoms with Gasteiger partial charge in [0.1, 0.15) is 5.82 Å². The predicted octanol–water partition coefficient (Wildman–Crippen LogP) is 2.88. The Morgan fingerprint density at radius 1 is 1.38 bits per heavy atom. The van der Waals surface area contributed by atoms with Crippen molar-refractivity contribution < 1.29 is 19.1 Å². The molecular formula is C15H18FNO3S. The van der Waals surface area contributed by atoms with Gasteiger partial charge in [0.2, 0.25) is 0 Å². The molecule has 1 saturated heterocycles. The van der Waals surface area contributed by atoms with Crippen molar-refractivity contribution in [3.63, 3.8) is 0 Å². The molecule has 4 nitrogen and oxygen atoms in total. The van der Waals surface area contributed by atoms with Crippen LogP contribution in [0.25, 0.3) is 0 Å². The molecule has 0 spiro atoms. The van der Waals surface area contributed by atoms with E-state index in [2.05, 4.69) is 0 Å². The van der Waals surface area contributed by atoms with Crippen LogP contribution < -0.4 is 0 Å². The minimum Gasteiger partial charge on any atom is -0.478 e. The van der Waals surface area contributed by atoms with Gasteiger partial charge in [0.05, 0.1) is 11.1 Å². The molecule has 0 radical (unpaired) electrons. The molecule has 0 bridgehead atoms. The normalized spacial score (nSPS) is 19.1. The number of aromatic carboxylic acids is 1. The predicted molar refractivity (Wildman–Crippen MR) is 80.4 cm³/mol. The molecule has 1 unspecified atom stereocenters. The van der Waals surface area contributed by atoms with Crippen LogP contribution in [0.2, 0.25) is 0 Å². The highest BCUT2D eigenvalue weighted by Crippen LogP contribution is 2.22. The van der Waals surface area contributed by atoms with Gasteiger partial charge < -0.3 is 10.0 Å². The van der Waals surface area contributed by atoms with Crippen molar-refractivity contribution in [1.82, 2.24) is 4.90 Å². The molecular weight excluding hydrogens is 293 g/mol. The van der Waals surface area contributed by atoms with Crippen molar-refractivity contribution in [3.8, 4) is 0 Å². The molecule has 1 amide bonds. The summed E-state index contributed by atoms with van der Waals surface area (Å²) in [7, 11) is 0. The summed E-state index contributed by atoms with van der Waals surface area (Å²) in [5.41, 5.74) is -0.205. The Morgan fingerprint density at radius 2 is 2.14 bits per heavy atom. The molecule has 1 atom stereocenters. The van der Waals surface area contributed by atoms with E-state index in [4.69, 9.17) is 5.11 Å². The summed E-state index contributed by atoms with van der Waals surface area (Å²) in [4.78, 5) is 24.9. The van der Waals surface area contributed by atoms with E-state index in [1.807, 2.05) is 6.26 Å². The number of hydrogen-bond donors (Lipinski definition) is 1. The van der Waals surface area contributed by atoms with Crippen molar-refractivity contribution >= 4 is 23.6 Å². The van der Waals surface area contributed by atoms with E-state index in [9.17, 15) is 14.0 Å². The third-order valence-electron chi connectivity index (χ3n) is 3.70.